The minimum absolute atomic E-state index is 0.00103. The fraction of sp³-hybridized carbons (Fsp3) is 0.261. The zero-order chi connectivity index (χ0) is 19.3. The van der Waals surface area contributed by atoms with E-state index in [1.165, 1.54) is 10.9 Å². The second-order valence-electron chi connectivity index (χ2n) is 7.55. The first-order valence-electron chi connectivity index (χ1n) is 9.68. The van der Waals surface area contributed by atoms with E-state index >= 15 is 0 Å². The van der Waals surface area contributed by atoms with Gasteiger partial charge in [0.1, 0.15) is 5.75 Å². The number of fused-ring (bicyclic) bond motifs is 4. The first kappa shape index (κ1) is 16.9. The van der Waals surface area contributed by atoms with Crippen LogP contribution in [0.4, 0.5) is 0 Å². The number of hydrogen-bond acceptors (Lipinski definition) is 2. The molecule has 2 aromatic heterocycles. The number of ether oxygens (including phenoxy) is 1. The lowest BCUT2D eigenvalue weighted by Gasteiger charge is -2.24. The molecule has 28 heavy (non-hydrogen) atoms. The van der Waals surface area contributed by atoms with E-state index in [4.69, 9.17) is 4.74 Å². The Kier molecular flexibility index (Phi) is 3.90. The molecule has 1 aliphatic rings. The summed E-state index contributed by atoms with van der Waals surface area (Å²) in [5.41, 5.74) is 5.34. The standard InChI is InChI=1S/C23H23N3O2/c1-26-11-10-14-12-15(6-9-21(14)26)23(27)25-20-5-3-4-17-18-13-16(28-2)7-8-19(18)24-22(17)20/h6-13,20,24H,3-5H2,1-2H3,(H,25,27). The summed E-state index contributed by atoms with van der Waals surface area (Å²) < 4.78 is 7.44. The highest BCUT2D eigenvalue weighted by molar-refractivity contribution is 5.98. The molecular formula is C23H23N3O2. The molecule has 5 rings (SSSR count). The van der Waals surface area contributed by atoms with Crippen LogP contribution in [-0.2, 0) is 13.5 Å². The molecule has 0 spiro atoms. The van der Waals surface area contributed by atoms with Crippen molar-refractivity contribution in [3.8, 4) is 5.75 Å². The van der Waals surface area contributed by atoms with Crippen LogP contribution in [-0.4, -0.2) is 22.6 Å². The predicted molar refractivity (Wildman–Crippen MR) is 111 cm³/mol. The Labute approximate surface area is 163 Å². The van der Waals surface area contributed by atoms with Gasteiger partial charge in [-0.05, 0) is 67.3 Å². The van der Waals surface area contributed by atoms with E-state index in [0.717, 1.165) is 47.1 Å². The summed E-state index contributed by atoms with van der Waals surface area (Å²) in [4.78, 5) is 16.5. The monoisotopic (exact) mass is 373 g/mol. The normalized spacial score (nSPS) is 16.3. The maximum Gasteiger partial charge on any atom is 0.251 e. The molecule has 1 unspecified atom stereocenters. The zero-order valence-electron chi connectivity index (χ0n) is 16.1. The quantitative estimate of drug-likeness (QED) is 0.556. The molecule has 1 atom stereocenters. The summed E-state index contributed by atoms with van der Waals surface area (Å²) >= 11 is 0. The molecule has 1 aliphatic carbocycles. The van der Waals surface area contributed by atoms with E-state index in [1.54, 1.807) is 7.11 Å². The maximum atomic E-state index is 12.9. The number of nitrogens with one attached hydrogen (secondary N) is 2. The Morgan fingerprint density at radius 3 is 2.96 bits per heavy atom. The molecule has 1 amide bonds. The van der Waals surface area contributed by atoms with E-state index in [2.05, 4.69) is 27.0 Å². The third-order valence-corrected chi connectivity index (χ3v) is 5.87. The van der Waals surface area contributed by atoms with Crippen LogP contribution in [0.25, 0.3) is 21.8 Å². The molecule has 0 saturated carbocycles. The number of amides is 1. The van der Waals surface area contributed by atoms with Gasteiger partial charge in [-0.1, -0.05) is 0 Å². The fourth-order valence-electron chi connectivity index (χ4n) is 4.38. The molecular weight excluding hydrogens is 350 g/mol. The summed E-state index contributed by atoms with van der Waals surface area (Å²) in [5, 5.41) is 5.52. The average molecular weight is 373 g/mol. The lowest BCUT2D eigenvalue weighted by Crippen LogP contribution is -2.31. The van der Waals surface area contributed by atoms with E-state index in [1.807, 2.05) is 43.6 Å². The number of methoxy groups -OCH3 is 1. The van der Waals surface area contributed by atoms with Crippen molar-refractivity contribution >= 4 is 27.7 Å². The van der Waals surface area contributed by atoms with Crippen LogP contribution in [0, 0.1) is 0 Å². The third-order valence-electron chi connectivity index (χ3n) is 5.87. The van der Waals surface area contributed by atoms with Crippen molar-refractivity contribution in [1.29, 1.82) is 0 Å². The Morgan fingerprint density at radius 1 is 1.21 bits per heavy atom. The number of nitrogens with zero attached hydrogens (tertiary/aromatic N) is 1. The summed E-state index contributed by atoms with van der Waals surface area (Å²) in [7, 11) is 3.70. The topological polar surface area (TPSA) is 59.0 Å². The van der Waals surface area contributed by atoms with Crippen molar-refractivity contribution in [2.24, 2.45) is 7.05 Å². The number of aromatic nitrogens is 2. The minimum atomic E-state index is -0.0279. The summed E-state index contributed by atoms with van der Waals surface area (Å²) in [6, 6.07) is 14.0. The van der Waals surface area contributed by atoms with Gasteiger partial charge in [-0.25, -0.2) is 0 Å². The predicted octanol–water partition coefficient (Wildman–Crippen LogP) is 4.48. The van der Waals surface area contributed by atoms with Crippen LogP contribution in [0.3, 0.4) is 0 Å². The molecule has 0 aliphatic heterocycles. The van der Waals surface area contributed by atoms with Crippen molar-refractivity contribution in [1.82, 2.24) is 14.9 Å². The van der Waals surface area contributed by atoms with Gasteiger partial charge in [0.2, 0.25) is 0 Å². The van der Waals surface area contributed by atoms with Crippen LogP contribution >= 0.6 is 0 Å². The lowest BCUT2D eigenvalue weighted by atomic mass is 9.91. The van der Waals surface area contributed by atoms with Gasteiger partial charge in [0.05, 0.1) is 13.2 Å². The van der Waals surface area contributed by atoms with Crippen LogP contribution in [0.2, 0.25) is 0 Å². The Hall–Kier alpha value is -3.21. The molecule has 2 heterocycles. The fourth-order valence-corrected chi connectivity index (χ4v) is 4.38. The highest BCUT2D eigenvalue weighted by atomic mass is 16.5. The van der Waals surface area contributed by atoms with E-state index < -0.39 is 0 Å². The molecule has 0 radical (unpaired) electrons. The van der Waals surface area contributed by atoms with Gasteiger partial charge in [-0.3, -0.25) is 4.79 Å². The van der Waals surface area contributed by atoms with E-state index in [-0.39, 0.29) is 11.9 Å². The summed E-state index contributed by atoms with van der Waals surface area (Å²) in [6.07, 6.45) is 5.03. The third kappa shape index (κ3) is 2.66. The number of H-pyrrole nitrogens is 1. The number of benzene rings is 2. The summed E-state index contributed by atoms with van der Waals surface area (Å²) in [6.45, 7) is 0. The lowest BCUT2D eigenvalue weighted by molar-refractivity contribution is 0.0932. The van der Waals surface area contributed by atoms with Crippen molar-refractivity contribution in [2.45, 2.75) is 25.3 Å². The zero-order valence-corrected chi connectivity index (χ0v) is 16.1. The second kappa shape index (κ2) is 6.44. The number of carbonyl (C=O) groups is 1. The summed E-state index contributed by atoms with van der Waals surface area (Å²) in [5.74, 6) is 0.830. The highest BCUT2D eigenvalue weighted by Crippen LogP contribution is 2.36. The van der Waals surface area contributed by atoms with Crippen molar-refractivity contribution in [3.05, 3.63) is 65.5 Å². The second-order valence-corrected chi connectivity index (χ2v) is 7.55. The number of aryl methyl sites for hydroxylation is 2. The van der Waals surface area contributed by atoms with Gasteiger partial charge in [-0.15, -0.1) is 0 Å². The number of carbonyl (C=O) groups excluding carboxylic acids is 1. The van der Waals surface area contributed by atoms with E-state index in [9.17, 15) is 4.79 Å². The highest BCUT2D eigenvalue weighted by Gasteiger charge is 2.26. The van der Waals surface area contributed by atoms with Crippen LogP contribution < -0.4 is 10.1 Å². The Balaban J connectivity index is 1.46. The van der Waals surface area contributed by atoms with Crippen LogP contribution in [0.5, 0.6) is 5.75 Å². The number of aromatic amines is 1. The Bertz CT molecular complexity index is 1200. The molecule has 5 heteroatoms. The van der Waals surface area contributed by atoms with Crippen molar-refractivity contribution in [3.63, 3.8) is 0 Å². The van der Waals surface area contributed by atoms with Crippen molar-refractivity contribution in [2.75, 3.05) is 7.11 Å². The molecule has 2 N–H and O–H groups in total. The van der Waals surface area contributed by atoms with Crippen LogP contribution in [0.1, 0.15) is 40.5 Å². The van der Waals surface area contributed by atoms with Gasteiger partial charge in [0, 0.05) is 46.3 Å². The van der Waals surface area contributed by atoms with Gasteiger partial charge >= 0.3 is 0 Å². The maximum absolute atomic E-state index is 12.9. The van der Waals surface area contributed by atoms with Gasteiger partial charge in [0.15, 0.2) is 0 Å². The van der Waals surface area contributed by atoms with Gasteiger partial charge < -0.3 is 19.6 Å². The molecule has 0 saturated heterocycles. The Morgan fingerprint density at radius 2 is 2.11 bits per heavy atom. The smallest absolute Gasteiger partial charge is 0.251 e. The number of hydrogen-bond donors (Lipinski definition) is 2. The molecule has 5 nitrogen and oxygen atoms in total. The molecule has 0 bridgehead atoms. The first-order valence-corrected chi connectivity index (χ1v) is 9.68. The molecule has 2 aromatic carbocycles. The average Bonchev–Trinajstić information content (AvgIpc) is 3.28. The van der Waals surface area contributed by atoms with Crippen LogP contribution in [0.15, 0.2) is 48.7 Å². The van der Waals surface area contributed by atoms with Gasteiger partial charge in [-0.2, -0.15) is 0 Å². The number of rotatable bonds is 3. The molecule has 4 aromatic rings. The molecule has 0 fully saturated rings. The SMILES string of the molecule is COc1ccc2[nH]c3c(c2c1)CCCC3NC(=O)c1ccc2c(ccn2C)c1. The largest absolute Gasteiger partial charge is 0.497 e. The minimum Gasteiger partial charge on any atom is -0.497 e. The van der Waals surface area contributed by atoms with E-state index in [0.29, 0.717) is 5.56 Å². The first-order chi connectivity index (χ1) is 13.6. The van der Waals surface area contributed by atoms with Gasteiger partial charge in [0.25, 0.3) is 5.91 Å². The van der Waals surface area contributed by atoms with Crippen molar-refractivity contribution < 1.29 is 9.53 Å². The molecule has 142 valence electrons.